The molecule has 0 radical (unpaired) electrons. The quantitative estimate of drug-likeness (QED) is 0.393. The van der Waals surface area contributed by atoms with Gasteiger partial charge in [-0.25, -0.2) is 4.79 Å². The van der Waals surface area contributed by atoms with Crippen LogP contribution in [0.3, 0.4) is 0 Å². The molecule has 0 bridgehead atoms. The van der Waals surface area contributed by atoms with Crippen LogP contribution in [-0.4, -0.2) is 33.5 Å². The molecule has 0 saturated heterocycles. The fraction of sp³-hybridized carbons (Fsp3) is 0.296. The minimum atomic E-state index is -0.617. The van der Waals surface area contributed by atoms with Crippen LogP contribution in [0.1, 0.15) is 43.6 Å². The maximum Gasteiger partial charge on any atom is 0.408 e. The molecule has 7 heteroatoms. The molecule has 2 N–H and O–H groups in total. The van der Waals surface area contributed by atoms with Gasteiger partial charge in [0, 0.05) is 35.9 Å². The zero-order valence-corrected chi connectivity index (χ0v) is 19.6. The number of amides is 1. The predicted octanol–water partition coefficient (Wildman–Crippen LogP) is 5.23. The Balaban J connectivity index is 1.74. The van der Waals surface area contributed by atoms with Crippen LogP contribution in [0.25, 0.3) is 22.2 Å². The number of aliphatic hydroxyl groups is 1. The van der Waals surface area contributed by atoms with Gasteiger partial charge in [0.15, 0.2) is 5.58 Å². The summed E-state index contributed by atoms with van der Waals surface area (Å²) in [7, 11) is 0. The zero-order valence-electron chi connectivity index (χ0n) is 19.6. The highest BCUT2D eigenvalue weighted by molar-refractivity contribution is 5.92. The number of hydrogen-bond acceptors (Lipinski definition) is 6. The summed E-state index contributed by atoms with van der Waals surface area (Å²) in [6.45, 7) is 5.57. The highest BCUT2D eigenvalue weighted by atomic mass is 16.6. The number of fused-ring (bicyclic) bond motifs is 1. The lowest BCUT2D eigenvalue weighted by Gasteiger charge is -2.25. The highest BCUT2D eigenvalue weighted by Gasteiger charge is 2.25. The number of aliphatic hydroxyl groups excluding tert-OH is 1. The standard InChI is InChI=1S/C27H29N3O4/c1-27(2,3)33-26(32)29-23(17-19-8-6-7-14-28-19)20-9-4-5-10-21(20)25-22-12-11-18(13-15-31)16-24(22)34-30-25/h4-12,14,16,23,31H,13,15,17H2,1-3H3,(H,29,32). The Kier molecular flexibility index (Phi) is 6.93. The molecular formula is C27H29N3O4. The van der Waals surface area contributed by atoms with Crippen molar-refractivity contribution in [2.24, 2.45) is 0 Å². The van der Waals surface area contributed by atoms with Gasteiger partial charge in [0.05, 0.1) is 6.04 Å². The summed E-state index contributed by atoms with van der Waals surface area (Å²) in [5.41, 5.74) is 4.29. The first kappa shape index (κ1) is 23.4. The SMILES string of the molecule is CC(C)(C)OC(=O)NC(Cc1ccccn1)c1ccccc1-c1noc2cc(CCO)ccc12. The van der Waals surface area contributed by atoms with E-state index in [9.17, 15) is 9.90 Å². The molecule has 34 heavy (non-hydrogen) atoms. The second-order valence-corrected chi connectivity index (χ2v) is 9.15. The number of nitrogens with one attached hydrogen (secondary N) is 1. The maximum absolute atomic E-state index is 12.7. The van der Waals surface area contributed by atoms with Gasteiger partial charge in [0.2, 0.25) is 0 Å². The molecule has 0 spiro atoms. The first-order chi connectivity index (χ1) is 16.3. The van der Waals surface area contributed by atoms with Crippen molar-refractivity contribution in [1.29, 1.82) is 0 Å². The van der Waals surface area contributed by atoms with Gasteiger partial charge in [-0.2, -0.15) is 0 Å². The number of carbonyl (C=O) groups excluding carboxylic acids is 1. The predicted molar refractivity (Wildman–Crippen MR) is 130 cm³/mol. The van der Waals surface area contributed by atoms with E-state index in [2.05, 4.69) is 15.5 Å². The van der Waals surface area contributed by atoms with Crippen molar-refractivity contribution >= 4 is 17.1 Å². The number of alkyl carbamates (subject to hydrolysis) is 1. The number of ether oxygens (including phenoxy) is 1. The molecule has 0 saturated carbocycles. The smallest absolute Gasteiger partial charge is 0.408 e. The lowest BCUT2D eigenvalue weighted by atomic mass is 9.93. The monoisotopic (exact) mass is 459 g/mol. The van der Waals surface area contributed by atoms with E-state index in [1.807, 2.05) is 81.4 Å². The lowest BCUT2D eigenvalue weighted by Crippen LogP contribution is -2.36. The van der Waals surface area contributed by atoms with Gasteiger partial charge < -0.3 is 19.7 Å². The van der Waals surface area contributed by atoms with Crippen molar-refractivity contribution in [2.45, 2.75) is 45.3 Å². The minimum absolute atomic E-state index is 0.0703. The second kappa shape index (κ2) is 10.1. The van der Waals surface area contributed by atoms with Crippen molar-refractivity contribution in [3.63, 3.8) is 0 Å². The first-order valence-corrected chi connectivity index (χ1v) is 11.3. The summed E-state index contributed by atoms with van der Waals surface area (Å²) in [5, 5.41) is 17.5. The van der Waals surface area contributed by atoms with Crippen molar-refractivity contribution in [3.8, 4) is 11.3 Å². The first-order valence-electron chi connectivity index (χ1n) is 11.3. The van der Waals surface area contributed by atoms with Gasteiger partial charge in [-0.15, -0.1) is 0 Å². The summed E-state index contributed by atoms with van der Waals surface area (Å²) < 4.78 is 11.2. The van der Waals surface area contributed by atoms with Crippen molar-refractivity contribution in [2.75, 3.05) is 6.61 Å². The maximum atomic E-state index is 12.7. The fourth-order valence-electron chi connectivity index (χ4n) is 3.89. The molecule has 7 nitrogen and oxygen atoms in total. The zero-order chi connectivity index (χ0) is 24.1. The highest BCUT2D eigenvalue weighted by Crippen LogP contribution is 2.34. The molecule has 1 amide bonds. The van der Waals surface area contributed by atoms with Crippen LogP contribution in [0.4, 0.5) is 4.79 Å². The van der Waals surface area contributed by atoms with E-state index >= 15 is 0 Å². The Hall–Kier alpha value is -3.71. The summed E-state index contributed by atoms with van der Waals surface area (Å²) in [5.74, 6) is 0. The Morgan fingerprint density at radius 2 is 1.91 bits per heavy atom. The molecular weight excluding hydrogens is 430 g/mol. The number of hydrogen-bond donors (Lipinski definition) is 2. The number of carbonyl (C=O) groups is 1. The molecule has 2 heterocycles. The van der Waals surface area contributed by atoms with Gasteiger partial charge in [-0.3, -0.25) is 4.98 Å². The average molecular weight is 460 g/mol. The van der Waals surface area contributed by atoms with Gasteiger partial charge in [0.25, 0.3) is 0 Å². The Labute approximate surface area is 198 Å². The number of nitrogens with zero attached hydrogens (tertiary/aromatic N) is 2. The van der Waals surface area contributed by atoms with Crippen LogP contribution < -0.4 is 5.32 Å². The van der Waals surface area contributed by atoms with Gasteiger partial charge in [0.1, 0.15) is 11.3 Å². The number of benzene rings is 2. The molecule has 2 aromatic carbocycles. The van der Waals surface area contributed by atoms with Crippen LogP contribution in [0.15, 0.2) is 71.4 Å². The summed E-state index contributed by atoms with van der Waals surface area (Å²) >= 11 is 0. The molecule has 1 atom stereocenters. The van der Waals surface area contributed by atoms with Crippen LogP contribution in [0.5, 0.6) is 0 Å². The van der Waals surface area contributed by atoms with E-state index in [4.69, 9.17) is 9.26 Å². The van der Waals surface area contributed by atoms with Crippen molar-refractivity contribution < 1.29 is 19.2 Å². The third-order valence-electron chi connectivity index (χ3n) is 5.36. The molecule has 0 aliphatic carbocycles. The lowest BCUT2D eigenvalue weighted by molar-refractivity contribution is 0.0503. The molecule has 4 rings (SSSR count). The average Bonchev–Trinajstić information content (AvgIpc) is 3.21. The Bertz CT molecular complexity index is 1260. The van der Waals surface area contributed by atoms with Crippen LogP contribution in [0.2, 0.25) is 0 Å². The molecule has 1 unspecified atom stereocenters. The molecule has 2 aromatic heterocycles. The molecule has 0 fully saturated rings. The van der Waals surface area contributed by atoms with E-state index in [0.717, 1.165) is 27.8 Å². The Morgan fingerprint density at radius 1 is 1.12 bits per heavy atom. The largest absolute Gasteiger partial charge is 0.444 e. The van der Waals surface area contributed by atoms with Crippen LogP contribution in [0, 0.1) is 0 Å². The third-order valence-corrected chi connectivity index (χ3v) is 5.36. The Morgan fingerprint density at radius 3 is 2.65 bits per heavy atom. The van der Waals surface area contributed by atoms with Crippen LogP contribution in [-0.2, 0) is 17.6 Å². The third kappa shape index (κ3) is 5.61. The second-order valence-electron chi connectivity index (χ2n) is 9.15. The summed E-state index contributed by atoms with van der Waals surface area (Å²) in [4.78, 5) is 17.2. The fourth-order valence-corrected chi connectivity index (χ4v) is 3.89. The van der Waals surface area contributed by atoms with Gasteiger partial charge >= 0.3 is 6.09 Å². The normalized spacial score (nSPS) is 12.5. The molecule has 0 aliphatic rings. The van der Waals surface area contributed by atoms with Crippen molar-refractivity contribution in [3.05, 3.63) is 83.7 Å². The van der Waals surface area contributed by atoms with E-state index in [-0.39, 0.29) is 6.61 Å². The summed E-state index contributed by atoms with van der Waals surface area (Å²) in [6.07, 6.45) is 2.27. The molecule has 176 valence electrons. The van der Waals surface area contributed by atoms with Gasteiger partial charge in [-0.05, 0) is 62.6 Å². The molecule has 4 aromatic rings. The summed E-state index contributed by atoms with van der Waals surface area (Å²) in [6, 6.07) is 18.9. The number of aromatic nitrogens is 2. The van der Waals surface area contributed by atoms with Crippen molar-refractivity contribution in [1.82, 2.24) is 15.5 Å². The topological polar surface area (TPSA) is 97.5 Å². The van der Waals surface area contributed by atoms with E-state index in [1.165, 1.54) is 0 Å². The van der Waals surface area contributed by atoms with E-state index < -0.39 is 17.7 Å². The van der Waals surface area contributed by atoms with Crippen LogP contribution >= 0.6 is 0 Å². The number of rotatable bonds is 7. The molecule has 0 aliphatic heterocycles. The van der Waals surface area contributed by atoms with E-state index in [1.54, 1.807) is 6.20 Å². The minimum Gasteiger partial charge on any atom is -0.444 e. The van der Waals surface area contributed by atoms with Gasteiger partial charge in [-0.1, -0.05) is 41.6 Å². The van der Waals surface area contributed by atoms with E-state index in [0.29, 0.717) is 24.1 Å². The number of pyridine rings is 1.